The van der Waals surface area contributed by atoms with Crippen LogP contribution in [0.5, 0.6) is 0 Å². The minimum Gasteiger partial charge on any atom is -0.396 e. The van der Waals surface area contributed by atoms with Gasteiger partial charge in [-0.1, -0.05) is 28.5 Å². The number of hydrogen-bond donors (Lipinski definition) is 4. The first-order valence-corrected chi connectivity index (χ1v) is 15.8. The minimum absolute atomic E-state index is 0.0296. The number of allylic oxidation sites excluding steroid dienone is 2. The highest BCUT2D eigenvalue weighted by Crippen LogP contribution is 2.43. The lowest BCUT2D eigenvalue weighted by Gasteiger charge is -2.25. The van der Waals surface area contributed by atoms with Crippen molar-refractivity contribution in [2.45, 2.75) is 72.9 Å². The van der Waals surface area contributed by atoms with E-state index < -0.39 is 0 Å². The molecule has 0 fully saturated rings. The minimum atomic E-state index is -0.234. The van der Waals surface area contributed by atoms with Gasteiger partial charge in [0.05, 0.1) is 13.1 Å². The molecule has 2 heterocycles. The third kappa shape index (κ3) is 10.9. The number of anilines is 2. The highest BCUT2D eigenvalue weighted by Gasteiger charge is 2.22. The summed E-state index contributed by atoms with van der Waals surface area (Å²) < 4.78 is 0. The number of nitrogens with zero attached hydrogens (tertiary/aromatic N) is 6. The predicted molar refractivity (Wildman–Crippen MR) is 168 cm³/mol. The molecule has 13 nitrogen and oxygen atoms in total. The number of nitrogens with two attached hydrogens (primary N) is 2. The van der Waals surface area contributed by atoms with Crippen LogP contribution in [0.2, 0.25) is 0 Å². The van der Waals surface area contributed by atoms with E-state index in [9.17, 15) is 24.6 Å². The molecule has 0 atom stereocenters. The number of hydrogen-bond acceptors (Lipinski definition) is 13. The second-order valence-corrected chi connectivity index (χ2v) is 11.9. The summed E-state index contributed by atoms with van der Waals surface area (Å²) >= 11 is 0. The van der Waals surface area contributed by atoms with E-state index in [-0.39, 0.29) is 63.0 Å². The molecule has 0 aromatic carbocycles. The summed E-state index contributed by atoms with van der Waals surface area (Å²) in [6.07, 6.45) is 5.72. The SMILES string of the molecule is CCCC(=O)CC(=C(CCO)SSC(CCO)=C(C)N(C=O)Cc1cnc(C)nc1N)N(C=O)Cc1cnc(C)nc1N. The van der Waals surface area contributed by atoms with Crippen molar-refractivity contribution in [3.05, 3.63) is 56.4 Å². The van der Waals surface area contributed by atoms with Gasteiger partial charge in [-0.15, -0.1) is 0 Å². The van der Waals surface area contributed by atoms with Crippen LogP contribution >= 0.6 is 21.6 Å². The van der Waals surface area contributed by atoms with E-state index in [2.05, 4.69) is 19.9 Å². The first-order chi connectivity index (χ1) is 20.6. The quantitative estimate of drug-likeness (QED) is 0.130. The lowest BCUT2D eigenvalue weighted by atomic mass is 10.1. The number of aliphatic hydroxyl groups excluding tert-OH is 2. The summed E-state index contributed by atoms with van der Waals surface area (Å²) in [5, 5.41) is 19.8. The highest BCUT2D eigenvalue weighted by molar-refractivity contribution is 8.79. The topological polar surface area (TPSA) is 202 Å². The van der Waals surface area contributed by atoms with Crippen molar-refractivity contribution in [1.82, 2.24) is 29.7 Å². The van der Waals surface area contributed by atoms with Crippen molar-refractivity contribution in [3.63, 3.8) is 0 Å². The third-order valence-electron chi connectivity index (χ3n) is 6.29. The lowest BCUT2D eigenvalue weighted by Crippen LogP contribution is -2.25. The smallest absolute Gasteiger partial charge is 0.214 e. The zero-order chi connectivity index (χ0) is 31.9. The van der Waals surface area contributed by atoms with Crippen LogP contribution in [0.4, 0.5) is 11.6 Å². The van der Waals surface area contributed by atoms with Gasteiger partial charge in [0, 0.05) is 83.6 Å². The summed E-state index contributed by atoms with van der Waals surface area (Å²) in [5.74, 6) is 1.42. The molecule has 0 aliphatic carbocycles. The van der Waals surface area contributed by atoms with Gasteiger partial charge in [-0.2, -0.15) is 0 Å². The molecular formula is C28H40N8O5S2. The number of carbonyl (C=O) groups is 3. The number of ketones is 1. The standard InChI is InChI=1S/C28H40N8O5S2/c1-5-6-23(41)11-24(36(17-40)15-22-13-32-20(4)34-28(22)30)26(8-10-38)43-42-25(7-9-37)18(2)35(16-39)14-21-12-31-19(3)33-27(21)29/h12-13,16-17,37-38H,5-11,14-15H2,1-4H3,(H2,29,31,33)(H2,30,32,34). The molecular weight excluding hydrogens is 592 g/mol. The number of aromatic nitrogens is 4. The molecule has 0 saturated carbocycles. The maximum absolute atomic E-state index is 12.8. The van der Waals surface area contributed by atoms with Crippen LogP contribution in [-0.4, -0.2) is 71.8 Å². The molecule has 15 heteroatoms. The van der Waals surface area contributed by atoms with Crippen molar-refractivity contribution in [2.24, 2.45) is 0 Å². The van der Waals surface area contributed by atoms with E-state index in [1.807, 2.05) is 6.92 Å². The Bertz CT molecular complexity index is 1340. The van der Waals surface area contributed by atoms with E-state index in [1.54, 1.807) is 33.2 Å². The normalized spacial score (nSPS) is 12.3. The van der Waals surface area contributed by atoms with Gasteiger partial charge in [-0.05, 0) is 27.2 Å². The van der Waals surface area contributed by atoms with E-state index in [4.69, 9.17) is 11.5 Å². The first kappa shape index (κ1) is 35.7. The highest BCUT2D eigenvalue weighted by atomic mass is 33.1. The van der Waals surface area contributed by atoms with Crippen molar-refractivity contribution in [2.75, 3.05) is 24.7 Å². The van der Waals surface area contributed by atoms with Crippen LogP contribution < -0.4 is 11.5 Å². The maximum atomic E-state index is 12.8. The van der Waals surface area contributed by atoms with Gasteiger partial charge >= 0.3 is 0 Å². The number of aryl methyl sites for hydroxylation is 2. The summed E-state index contributed by atoms with van der Waals surface area (Å²) in [6, 6.07) is 0. The molecule has 2 rings (SSSR count). The molecule has 0 aliphatic heterocycles. The van der Waals surface area contributed by atoms with Gasteiger partial charge in [0.15, 0.2) is 0 Å². The van der Waals surface area contributed by atoms with E-state index in [1.165, 1.54) is 31.4 Å². The van der Waals surface area contributed by atoms with Crippen LogP contribution in [0.1, 0.15) is 68.7 Å². The Morgan fingerprint density at radius 2 is 1.35 bits per heavy atom. The fourth-order valence-electron chi connectivity index (χ4n) is 3.96. The molecule has 0 unspecified atom stereocenters. The van der Waals surface area contributed by atoms with Gasteiger partial charge < -0.3 is 31.5 Å². The zero-order valence-electron chi connectivity index (χ0n) is 24.9. The van der Waals surface area contributed by atoms with Gasteiger partial charge in [-0.25, -0.2) is 19.9 Å². The van der Waals surface area contributed by atoms with Crippen molar-refractivity contribution in [1.29, 1.82) is 0 Å². The average molecular weight is 633 g/mol. The number of Topliss-reactive ketones (excluding diaryl/α,β-unsaturated/α-hetero) is 1. The Balaban J connectivity index is 2.49. The van der Waals surface area contributed by atoms with Gasteiger partial charge in [0.2, 0.25) is 12.8 Å². The summed E-state index contributed by atoms with van der Waals surface area (Å²) in [5.41, 5.74) is 14.2. The lowest BCUT2D eigenvalue weighted by molar-refractivity contribution is -0.120. The predicted octanol–water partition coefficient (Wildman–Crippen LogP) is 3.01. The number of aliphatic hydroxyl groups is 2. The van der Waals surface area contributed by atoms with Crippen LogP contribution in [-0.2, 0) is 27.5 Å². The van der Waals surface area contributed by atoms with E-state index >= 15 is 0 Å². The Labute approximate surface area is 259 Å². The average Bonchev–Trinajstić information content (AvgIpc) is 2.97. The molecule has 234 valence electrons. The first-order valence-electron chi connectivity index (χ1n) is 13.7. The Hall–Kier alpha value is -3.53. The fraction of sp³-hybridized carbons (Fsp3) is 0.464. The second-order valence-electron chi connectivity index (χ2n) is 9.58. The fourth-order valence-corrected chi connectivity index (χ4v) is 6.79. The summed E-state index contributed by atoms with van der Waals surface area (Å²) in [7, 11) is 2.52. The number of nitrogen functional groups attached to an aromatic ring is 2. The van der Waals surface area contributed by atoms with Gasteiger partial charge in [-0.3, -0.25) is 14.4 Å². The molecule has 0 spiro atoms. The Morgan fingerprint density at radius 1 is 0.860 bits per heavy atom. The molecule has 2 amide bonds. The van der Waals surface area contributed by atoms with Crippen molar-refractivity contribution < 1.29 is 24.6 Å². The molecule has 0 saturated heterocycles. The molecule has 2 aromatic rings. The number of amides is 2. The largest absolute Gasteiger partial charge is 0.396 e. The molecule has 0 aliphatic rings. The molecule has 0 radical (unpaired) electrons. The van der Waals surface area contributed by atoms with Gasteiger partial charge in [0.1, 0.15) is 29.1 Å². The van der Waals surface area contributed by atoms with Crippen molar-refractivity contribution in [3.8, 4) is 0 Å². The summed E-state index contributed by atoms with van der Waals surface area (Å²) in [6.45, 7) is 6.79. The molecule has 6 N–H and O–H groups in total. The van der Waals surface area contributed by atoms with E-state index in [0.717, 1.165) is 0 Å². The Kier molecular flexibility index (Phi) is 15.1. The number of rotatable bonds is 19. The molecule has 0 bridgehead atoms. The maximum Gasteiger partial charge on any atom is 0.214 e. The van der Waals surface area contributed by atoms with Crippen LogP contribution in [0.25, 0.3) is 0 Å². The van der Waals surface area contributed by atoms with Crippen molar-refractivity contribution >= 4 is 51.8 Å². The van der Waals surface area contributed by atoms with Crippen LogP contribution in [0.3, 0.4) is 0 Å². The molecule has 2 aromatic heterocycles. The van der Waals surface area contributed by atoms with E-state index in [0.29, 0.717) is 69.6 Å². The monoisotopic (exact) mass is 632 g/mol. The number of carbonyl (C=O) groups excluding carboxylic acids is 3. The Morgan fingerprint density at radius 3 is 1.81 bits per heavy atom. The van der Waals surface area contributed by atoms with Crippen LogP contribution in [0.15, 0.2) is 33.6 Å². The van der Waals surface area contributed by atoms with Gasteiger partial charge in [0.25, 0.3) is 0 Å². The zero-order valence-corrected chi connectivity index (χ0v) is 26.6. The third-order valence-corrected chi connectivity index (χ3v) is 9.17. The van der Waals surface area contributed by atoms with Crippen LogP contribution in [0, 0.1) is 13.8 Å². The second kappa shape index (κ2) is 18.2. The molecule has 43 heavy (non-hydrogen) atoms. The summed E-state index contributed by atoms with van der Waals surface area (Å²) in [4.78, 5) is 58.1.